The zero-order valence-corrected chi connectivity index (χ0v) is 13.1. The molecule has 0 spiro atoms. The van der Waals surface area contributed by atoms with Gasteiger partial charge in [0.15, 0.2) is 0 Å². The predicted octanol–water partition coefficient (Wildman–Crippen LogP) is 4.62. The van der Waals surface area contributed by atoms with E-state index in [2.05, 4.69) is 22.6 Å². The fraction of sp³-hybridized carbons (Fsp3) is 0.471. The zero-order valence-electron chi connectivity index (χ0n) is 12.3. The molecule has 2 nitrogen and oxygen atoms in total. The number of halogens is 1. The highest BCUT2D eigenvalue weighted by Gasteiger charge is 2.18. The summed E-state index contributed by atoms with van der Waals surface area (Å²) in [5.74, 6) is 0.630. The van der Waals surface area contributed by atoms with Crippen molar-refractivity contribution in [2.24, 2.45) is 5.92 Å². The summed E-state index contributed by atoms with van der Waals surface area (Å²) in [4.78, 5) is 4.65. The average molecular weight is 304 g/mol. The second kappa shape index (κ2) is 6.67. The first-order valence-electron chi connectivity index (χ1n) is 7.64. The smallest absolute Gasteiger partial charge is 0.123 e. The van der Waals surface area contributed by atoms with Crippen LogP contribution in [0.5, 0.6) is 0 Å². The van der Waals surface area contributed by atoms with Gasteiger partial charge >= 0.3 is 0 Å². The molecule has 2 aromatic rings. The minimum atomic E-state index is -0.205. The van der Waals surface area contributed by atoms with Crippen molar-refractivity contribution in [3.63, 3.8) is 0 Å². The number of hydrogen-bond donors (Lipinski definition) is 1. The van der Waals surface area contributed by atoms with Gasteiger partial charge in [-0.3, -0.25) is 0 Å². The largest absolute Gasteiger partial charge is 0.308 e. The van der Waals surface area contributed by atoms with Gasteiger partial charge in [0.25, 0.3) is 0 Å². The second-order valence-corrected chi connectivity index (χ2v) is 6.86. The van der Waals surface area contributed by atoms with E-state index in [0.29, 0.717) is 6.04 Å². The summed E-state index contributed by atoms with van der Waals surface area (Å²) in [6.45, 7) is 3.17. The maximum Gasteiger partial charge on any atom is 0.123 e. The van der Waals surface area contributed by atoms with Crippen LogP contribution in [0.1, 0.15) is 38.3 Å². The van der Waals surface area contributed by atoms with E-state index >= 15 is 0 Å². The standard InChI is InChI=1S/C17H21FN2S/c1-12-3-2-4-15(9-12)19-10-16-11-21-17(20-16)13-5-7-14(18)8-6-13/h5-8,11-12,15,19H,2-4,9-10H2,1H3. The predicted molar refractivity (Wildman–Crippen MR) is 85.8 cm³/mol. The lowest BCUT2D eigenvalue weighted by Gasteiger charge is -2.27. The lowest BCUT2D eigenvalue weighted by Crippen LogP contribution is -2.33. The Morgan fingerprint density at radius 2 is 2.10 bits per heavy atom. The van der Waals surface area contributed by atoms with Crippen LogP contribution in [0.25, 0.3) is 10.6 Å². The Balaban J connectivity index is 1.59. The highest BCUT2D eigenvalue weighted by Crippen LogP contribution is 2.25. The molecule has 0 bridgehead atoms. The molecule has 0 amide bonds. The first-order valence-corrected chi connectivity index (χ1v) is 8.52. The topological polar surface area (TPSA) is 24.9 Å². The average Bonchev–Trinajstić information content (AvgIpc) is 2.95. The van der Waals surface area contributed by atoms with Gasteiger partial charge in [0, 0.05) is 23.5 Å². The van der Waals surface area contributed by atoms with Crippen molar-refractivity contribution >= 4 is 11.3 Å². The van der Waals surface area contributed by atoms with Crippen molar-refractivity contribution in [2.75, 3.05) is 0 Å². The molecule has 1 N–H and O–H groups in total. The van der Waals surface area contributed by atoms with Gasteiger partial charge in [-0.1, -0.05) is 19.8 Å². The van der Waals surface area contributed by atoms with Crippen molar-refractivity contribution in [3.05, 3.63) is 41.2 Å². The Hall–Kier alpha value is -1.26. The van der Waals surface area contributed by atoms with E-state index in [9.17, 15) is 4.39 Å². The Bertz CT molecular complexity index is 579. The van der Waals surface area contributed by atoms with Gasteiger partial charge in [-0.05, 0) is 43.0 Å². The summed E-state index contributed by atoms with van der Waals surface area (Å²) in [6, 6.07) is 7.17. The van der Waals surface area contributed by atoms with Crippen LogP contribution in [-0.2, 0) is 6.54 Å². The van der Waals surface area contributed by atoms with Gasteiger partial charge in [0.1, 0.15) is 10.8 Å². The second-order valence-electron chi connectivity index (χ2n) is 6.00. The molecule has 2 unspecified atom stereocenters. The third kappa shape index (κ3) is 3.89. The molecule has 112 valence electrons. The van der Waals surface area contributed by atoms with Crippen LogP contribution < -0.4 is 5.32 Å². The maximum atomic E-state index is 12.9. The molecule has 0 aliphatic heterocycles. The first kappa shape index (κ1) is 14.7. The third-order valence-electron chi connectivity index (χ3n) is 4.15. The molecule has 3 rings (SSSR count). The Labute approximate surface area is 129 Å². The molecule has 1 aromatic carbocycles. The van der Waals surface area contributed by atoms with Crippen LogP contribution in [0.2, 0.25) is 0 Å². The van der Waals surface area contributed by atoms with Crippen LogP contribution in [0.15, 0.2) is 29.6 Å². The van der Waals surface area contributed by atoms with Crippen LogP contribution in [0.3, 0.4) is 0 Å². The molecular formula is C17H21FN2S. The quantitative estimate of drug-likeness (QED) is 0.891. The number of aromatic nitrogens is 1. The van der Waals surface area contributed by atoms with Crippen molar-refractivity contribution < 1.29 is 4.39 Å². The highest BCUT2D eigenvalue weighted by atomic mass is 32.1. The lowest BCUT2D eigenvalue weighted by atomic mass is 9.87. The zero-order chi connectivity index (χ0) is 14.7. The van der Waals surface area contributed by atoms with E-state index in [1.165, 1.54) is 37.8 Å². The molecule has 1 heterocycles. The third-order valence-corrected chi connectivity index (χ3v) is 5.09. The fourth-order valence-corrected chi connectivity index (χ4v) is 3.81. The normalized spacial score (nSPS) is 22.4. The summed E-state index contributed by atoms with van der Waals surface area (Å²) in [6.07, 6.45) is 5.24. The molecule has 1 saturated carbocycles. The monoisotopic (exact) mass is 304 g/mol. The molecule has 0 radical (unpaired) electrons. The summed E-state index contributed by atoms with van der Waals surface area (Å²) in [7, 11) is 0. The van der Waals surface area contributed by atoms with E-state index in [1.54, 1.807) is 23.5 Å². The van der Waals surface area contributed by atoms with Crippen LogP contribution in [0.4, 0.5) is 4.39 Å². The van der Waals surface area contributed by atoms with E-state index < -0.39 is 0 Å². The Kier molecular flexibility index (Phi) is 4.66. The molecule has 1 fully saturated rings. The molecular weight excluding hydrogens is 283 g/mol. The van der Waals surface area contributed by atoms with Gasteiger partial charge in [-0.15, -0.1) is 11.3 Å². The van der Waals surface area contributed by atoms with E-state index in [1.807, 2.05) is 0 Å². The van der Waals surface area contributed by atoms with Gasteiger partial charge in [0.05, 0.1) is 5.69 Å². The minimum Gasteiger partial charge on any atom is -0.308 e. The van der Waals surface area contributed by atoms with Gasteiger partial charge in [-0.25, -0.2) is 9.37 Å². The van der Waals surface area contributed by atoms with E-state index in [-0.39, 0.29) is 5.82 Å². The molecule has 21 heavy (non-hydrogen) atoms. The molecule has 4 heteroatoms. The molecule has 1 aliphatic rings. The minimum absolute atomic E-state index is 0.205. The number of nitrogens with zero attached hydrogens (tertiary/aromatic N) is 1. The number of rotatable bonds is 4. The molecule has 0 saturated heterocycles. The number of hydrogen-bond acceptors (Lipinski definition) is 3. The van der Waals surface area contributed by atoms with Crippen molar-refractivity contribution in [1.82, 2.24) is 10.3 Å². The number of thiazole rings is 1. The summed E-state index contributed by atoms with van der Waals surface area (Å²) < 4.78 is 12.9. The van der Waals surface area contributed by atoms with Crippen molar-refractivity contribution in [2.45, 2.75) is 45.2 Å². The maximum absolute atomic E-state index is 12.9. The van der Waals surface area contributed by atoms with E-state index in [0.717, 1.165) is 28.7 Å². The van der Waals surface area contributed by atoms with Crippen molar-refractivity contribution in [3.8, 4) is 10.6 Å². The Morgan fingerprint density at radius 1 is 1.29 bits per heavy atom. The summed E-state index contributed by atoms with van der Waals surface area (Å²) >= 11 is 1.62. The van der Waals surface area contributed by atoms with Crippen LogP contribution in [0, 0.1) is 11.7 Å². The summed E-state index contributed by atoms with van der Waals surface area (Å²) in [5, 5.41) is 6.68. The summed E-state index contributed by atoms with van der Waals surface area (Å²) in [5.41, 5.74) is 2.07. The fourth-order valence-electron chi connectivity index (χ4n) is 2.98. The molecule has 1 aliphatic carbocycles. The molecule has 1 aromatic heterocycles. The lowest BCUT2D eigenvalue weighted by molar-refractivity contribution is 0.300. The first-order chi connectivity index (χ1) is 10.2. The molecule has 2 atom stereocenters. The van der Waals surface area contributed by atoms with E-state index in [4.69, 9.17) is 0 Å². The van der Waals surface area contributed by atoms with Crippen LogP contribution in [-0.4, -0.2) is 11.0 Å². The van der Waals surface area contributed by atoms with Gasteiger partial charge in [0.2, 0.25) is 0 Å². The SMILES string of the molecule is CC1CCCC(NCc2csc(-c3ccc(F)cc3)n2)C1. The highest BCUT2D eigenvalue weighted by molar-refractivity contribution is 7.13. The van der Waals surface area contributed by atoms with Crippen LogP contribution >= 0.6 is 11.3 Å². The van der Waals surface area contributed by atoms with Gasteiger partial charge in [-0.2, -0.15) is 0 Å². The number of nitrogens with one attached hydrogen (secondary N) is 1. The van der Waals surface area contributed by atoms with Gasteiger partial charge < -0.3 is 5.32 Å². The Morgan fingerprint density at radius 3 is 2.86 bits per heavy atom. The van der Waals surface area contributed by atoms with Crippen molar-refractivity contribution in [1.29, 1.82) is 0 Å². The number of benzene rings is 1.